The minimum Gasteiger partial charge on any atom is -0.397 e. The van der Waals surface area contributed by atoms with Crippen LogP contribution in [0.5, 0.6) is 0 Å². The highest BCUT2D eigenvalue weighted by atomic mass is 28.4. The SMILES string of the molecule is CCC(CC(O[Si](c1ccccc1)(c1ccccc1)c1ccccc1)c1ccc2c(c1)-c1ccccc1C2)C1=CC=CC1. The maximum absolute atomic E-state index is 7.91. The molecule has 0 saturated heterocycles. The second-order valence-corrected chi connectivity index (χ2v) is 15.2. The van der Waals surface area contributed by atoms with Crippen molar-refractivity contribution in [2.75, 3.05) is 0 Å². The van der Waals surface area contributed by atoms with Crippen LogP contribution in [0.4, 0.5) is 0 Å². The first-order valence-corrected chi connectivity index (χ1v) is 17.6. The standard InChI is InChI=1S/C41H38OSi/c1-2-31(32-16-12-13-17-32)30-41(35-27-26-34-28-33-18-14-15-25-39(33)40(34)29-35)42-43(36-19-6-3-7-20-36,37-21-8-4-9-22-37)38-23-10-5-11-24-38/h3-16,18-27,29,31,41H,2,17,28,30H2,1H3. The van der Waals surface area contributed by atoms with E-state index in [0.717, 1.165) is 25.7 Å². The van der Waals surface area contributed by atoms with Gasteiger partial charge in [-0.3, -0.25) is 0 Å². The Morgan fingerprint density at radius 2 is 1.23 bits per heavy atom. The van der Waals surface area contributed by atoms with Gasteiger partial charge >= 0.3 is 0 Å². The lowest BCUT2D eigenvalue weighted by Crippen LogP contribution is -2.69. The molecule has 5 aromatic rings. The molecule has 0 heterocycles. The molecule has 2 heteroatoms. The molecule has 43 heavy (non-hydrogen) atoms. The van der Waals surface area contributed by atoms with E-state index in [-0.39, 0.29) is 6.10 Å². The Bertz CT molecular complexity index is 1660. The first-order valence-electron chi connectivity index (χ1n) is 15.7. The first-order chi connectivity index (χ1) is 21.3. The van der Waals surface area contributed by atoms with Crippen LogP contribution in [0.1, 0.15) is 49.0 Å². The maximum Gasteiger partial charge on any atom is 0.288 e. The van der Waals surface area contributed by atoms with Crippen molar-refractivity contribution in [3.8, 4) is 11.1 Å². The first kappa shape index (κ1) is 27.6. The Hall–Kier alpha value is -4.24. The van der Waals surface area contributed by atoms with Crippen molar-refractivity contribution < 1.29 is 4.43 Å². The third-order valence-electron chi connectivity index (χ3n) is 9.37. The minimum atomic E-state index is -2.92. The van der Waals surface area contributed by atoms with E-state index in [2.05, 4.69) is 159 Å². The van der Waals surface area contributed by atoms with Gasteiger partial charge < -0.3 is 4.43 Å². The largest absolute Gasteiger partial charge is 0.397 e. The molecular weight excluding hydrogens is 537 g/mol. The number of rotatable bonds is 10. The molecule has 0 spiro atoms. The van der Waals surface area contributed by atoms with Crippen LogP contribution >= 0.6 is 0 Å². The van der Waals surface area contributed by atoms with E-state index in [1.54, 1.807) is 0 Å². The summed E-state index contributed by atoms with van der Waals surface area (Å²) in [7, 11) is -2.92. The highest BCUT2D eigenvalue weighted by Crippen LogP contribution is 2.41. The molecule has 0 amide bonds. The van der Waals surface area contributed by atoms with E-state index >= 15 is 0 Å². The van der Waals surface area contributed by atoms with E-state index in [1.165, 1.54) is 49.0 Å². The third-order valence-corrected chi connectivity index (χ3v) is 13.4. The zero-order valence-corrected chi connectivity index (χ0v) is 25.8. The Balaban J connectivity index is 1.41. The summed E-state index contributed by atoms with van der Waals surface area (Å²) in [5.41, 5.74) is 8.36. The zero-order chi connectivity index (χ0) is 29.1. The van der Waals surface area contributed by atoms with Crippen molar-refractivity contribution in [2.45, 2.75) is 38.7 Å². The van der Waals surface area contributed by atoms with Crippen molar-refractivity contribution >= 4 is 23.9 Å². The van der Waals surface area contributed by atoms with Crippen LogP contribution in [0.15, 0.2) is 157 Å². The van der Waals surface area contributed by atoms with Crippen LogP contribution in [0.2, 0.25) is 0 Å². The normalized spacial score (nSPS) is 15.0. The molecular formula is C41H38OSi. The number of benzene rings is 5. The van der Waals surface area contributed by atoms with E-state index in [9.17, 15) is 0 Å². The molecule has 5 aromatic carbocycles. The van der Waals surface area contributed by atoms with Gasteiger partial charge in [0.15, 0.2) is 0 Å². The summed E-state index contributed by atoms with van der Waals surface area (Å²) in [6, 6.07) is 49.0. The summed E-state index contributed by atoms with van der Waals surface area (Å²) in [5.74, 6) is 0.453. The topological polar surface area (TPSA) is 9.23 Å². The summed E-state index contributed by atoms with van der Waals surface area (Å²) < 4.78 is 7.91. The third kappa shape index (κ3) is 5.26. The Kier molecular flexibility index (Phi) is 7.80. The Labute approximate surface area is 257 Å². The van der Waals surface area contributed by atoms with Crippen LogP contribution in [0, 0.1) is 5.92 Å². The van der Waals surface area contributed by atoms with Gasteiger partial charge in [-0.25, -0.2) is 0 Å². The monoisotopic (exact) mass is 574 g/mol. The van der Waals surface area contributed by atoms with E-state index in [4.69, 9.17) is 4.43 Å². The fourth-order valence-corrected chi connectivity index (χ4v) is 11.2. The highest BCUT2D eigenvalue weighted by Gasteiger charge is 2.44. The summed E-state index contributed by atoms with van der Waals surface area (Å²) in [6.07, 6.45) is 10.9. The van der Waals surface area contributed by atoms with Gasteiger partial charge in [-0.05, 0) is 81.0 Å². The molecule has 0 fully saturated rings. The van der Waals surface area contributed by atoms with Gasteiger partial charge in [0.2, 0.25) is 0 Å². The predicted molar refractivity (Wildman–Crippen MR) is 183 cm³/mol. The van der Waals surface area contributed by atoms with Crippen LogP contribution in [0.3, 0.4) is 0 Å². The number of hydrogen-bond acceptors (Lipinski definition) is 1. The van der Waals surface area contributed by atoms with Gasteiger partial charge in [-0.15, -0.1) is 0 Å². The second-order valence-electron chi connectivity index (χ2n) is 11.9. The van der Waals surface area contributed by atoms with Crippen molar-refractivity contribution in [3.05, 3.63) is 174 Å². The lowest BCUT2D eigenvalue weighted by Gasteiger charge is -2.38. The molecule has 0 saturated carbocycles. The molecule has 7 rings (SSSR count). The minimum absolute atomic E-state index is 0.0724. The van der Waals surface area contributed by atoms with Crippen LogP contribution in [0.25, 0.3) is 11.1 Å². The predicted octanol–water partition coefficient (Wildman–Crippen LogP) is 8.29. The average molecular weight is 575 g/mol. The molecule has 2 aliphatic carbocycles. The fraction of sp³-hybridized carbons (Fsp3) is 0.171. The zero-order valence-electron chi connectivity index (χ0n) is 24.8. The van der Waals surface area contributed by atoms with Gasteiger partial charge in [0.1, 0.15) is 0 Å². The summed E-state index contributed by atoms with van der Waals surface area (Å²) in [5, 5.41) is 3.83. The molecule has 1 nitrogen and oxygen atoms in total. The van der Waals surface area contributed by atoms with Crippen molar-refractivity contribution in [1.82, 2.24) is 0 Å². The van der Waals surface area contributed by atoms with Crippen molar-refractivity contribution in [3.63, 3.8) is 0 Å². The van der Waals surface area contributed by atoms with Crippen LogP contribution < -0.4 is 15.6 Å². The molecule has 2 atom stereocenters. The molecule has 212 valence electrons. The van der Waals surface area contributed by atoms with Crippen LogP contribution in [-0.4, -0.2) is 8.32 Å². The molecule has 0 radical (unpaired) electrons. The average Bonchev–Trinajstić information content (AvgIpc) is 3.75. The quantitative estimate of drug-likeness (QED) is 0.118. The van der Waals surface area contributed by atoms with Crippen LogP contribution in [-0.2, 0) is 10.8 Å². The Morgan fingerprint density at radius 3 is 1.81 bits per heavy atom. The molecule has 2 aliphatic rings. The summed E-state index contributed by atoms with van der Waals surface area (Å²) in [4.78, 5) is 0. The van der Waals surface area contributed by atoms with Gasteiger partial charge in [-0.1, -0.05) is 158 Å². The van der Waals surface area contributed by atoms with E-state index in [0.29, 0.717) is 5.92 Å². The molecule has 2 unspecified atom stereocenters. The van der Waals surface area contributed by atoms with E-state index in [1.807, 2.05) is 0 Å². The van der Waals surface area contributed by atoms with Gasteiger partial charge in [0.25, 0.3) is 8.32 Å². The second kappa shape index (κ2) is 12.2. The van der Waals surface area contributed by atoms with Gasteiger partial charge in [0.05, 0.1) is 6.10 Å². The summed E-state index contributed by atoms with van der Waals surface area (Å²) in [6.45, 7) is 2.33. The number of allylic oxidation sites excluding steroid dienone is 4. The fourth-order valence-electron chi connectivity index (χ4n) is 7.14. The molecule has 0 N–H and O–H groups in total. The molecule has 0 bridgehead atoms. The Morgan fingerprint density at radius 1 is 0.651 bits per heavy atom. The lowest BCUT2D eigenvalue weighted by atomic mass is 9.87. The summed E-state index contributed by atoms with van der Waals surface area (Å²) >= 11 is 0. The number of fused-ring (bicyclic) bond motifs is 3. The molecule has 0 aliphatic heterocycles. The lowest BCUT2D eigenvalue weighted by molar-refractivity contribution is 0.175. The highest BCUT2D eigenvalue weighted by molar-refractivity contribution is 7.07. The van der Waals surface area contributed by atoms with Gasteiger partial charge in [0, 0.05) is 0 Å². The molecule has 0 aromatic heterocycles. The van der Waals surface area contributed by atoms with Gasteiger partial charge in [-0.2, -0.15) is 0 Å². The number of hydrogen-bond donors (Lipinski definition) is 0. The maximum atomic E-state index is 7.91. The van der Waals surface area contributed by atoms with E-state index < -0.39 is 8.32 Å². The van der Waals surface area contributed by atoms with Crippen molar-refractivity contribution in [1.29, 1.82) is 0 Å². The van der Waals surface area contributed by atoms with Crippen molar-refractivity contribution in [2.24, 2.45) is 5.92 Å². The smallest absolute Gasteiger partial charge is 0.288 e.